The molecule has 1 heterocycles. The monoisotopic (exact) mass is 295 g/mol. The predicted octanol–water partition coefficient (Wildman–Crippen LogP) is 3.50. The lowest BCUT2D eigenvalue weighted by atomic mass is 10.1. The van der Waals surface area contributed by atoms with Crippen molar-refractivity contribution in [3.05, 3.63) is 65.1 Å². The number of carbonyl (C=O) groups is 1. The Kier molecular flexibility index (Phi) is 3.55. The van der Waals surface area contributed by atoms with E-state index in [1.165, 1.54) is 12.1 Å². The number of rotatable bonds is 3. The Morgan fingerprint density at radius 3 is 2.50 bits per heavy atom. The van der Waals surface area contributed by atoms with E-state index in [0.717, 1.165) is 16.8 Å². The fourth-order valence-electron chi connectivity index (χ4n) is 2.37. The molecule has 0 radical (unpaired) electrons. The van der Waals surface area contributed by atoms with Gasteiger partial charge >= 0.3 is 0 Å². The van der Waals surface area contributed by atoms with Crippen LogP contribution in [0.5, 0.6) is 0 Å². The standard InChI is InChI=1S/C17H14FN3O/c1-11-3-4-12(2)16(9-11)21-17(15(10-22)19-20-21)13-5-7-14(18)8-6-13/h3-10H,1-2H3. The molecule has 0 unspecified atom stereocenters. The van der Waals surface area contributed by atoms with Gasteiger partial charge in [-0.05, 0) is 55.3 Å². The van der Waals surface area contributed by atoms with Crippen molar-refractivity contribution in [2.45, 2.75) is 13.8 Å². The maximum Gasteiger partial charge on any atom is 0.172 e. The van der Waals surface area contributed by atoms with E-state index in [1.807, 2.05) is 32.0 Å². The summed E-state index contributed by atoms with van der Waals surface area (Å²) in [6.45, 7) is 3.95. The van der Waals surface area contributed by atoms with E-state index < -0.39 is 0 Å². The molecule has 0 saturated heterocycles. The molecule has 0 aliphatic heterocycles. The molecule has 1 aromatic heterocycles. The van der Waals surface area contributed by atoms with Gasteiger partial charge in [-0.25, -0.2) is 9.07 Å². The number of aryl methyl sites for hydroxylation is 2. The summed E-state index contributed by atoms with van der Waals surface area (Å²) in [6, 6.07) is 11.9. The highest BCUT2D eigenvalue weighted by atomic mass is 19.1. The van der Waals surface area contributed by atoms with E-state index in [1.54, 1.807) is 16.8 Å². The minimum absolute atomic E-state index is 0.229. The third-order valence-corrected chi connectivity index (χ3v) is 3.52. The molecule has 0 N–H and O–H groups in total. The Balaban J connectivity index is 2.25. The number of hydrogen-bond donors (Lipinski definition) is 0. The average Bonchev–Trinajstić information content (AvgIpc) is 2.94. The van der Waals surface area contributed by atoms with Gasteiger partial charge in [-0.1, -0.05) is 17.3 Å². The molecule has 110 valence electrons. The first-order valence-corrected chi connectivity index (χ1v) is 6.84. The van der Waals surface area contributed by atoms with Crippen LogP contribution in [0.2, 0.25) is 0 Å². The Morgan fingerprint density at radius 2 is 1.82 bits per heavy atom. The van der Waals surface area contributed by atoms with Crippen molar-refractivity contribution >= 4 is 6.29 Å². The van der Waals surface area contributed by atoms with Crippen molar-refractivity contribution in [1.29, 1.82) is 0 Å². The van der Waals surface area contributed by atoms with Crippen LogP contribution in [0.15, 0.2) is 42.5 Å². The summed E-state index contributed by atoms with van der Waals surface area (Å²) in [4.78, 5) is 11.3. The minimum Gasteiger partial charge on any atom is -0.296 e. The molecule has 0 aliphatic rings. The lowest BCUT2D eigenvalue weighted by molar-refractivity contribution is 0.111. The number of nitrogens with zero attached hydrogens (tertiary/aromatic N) is 3. The summed E-state index contributed by atoms with van der Waals surface area (Å²) in [7, 11) is 0. The second-order valence-electron chi connectivity index (χ2n) is 5.15. The van der Waals surface area contributed by atoms with Crippen molar-refractivity contribution in [2.24, 2.45) is 0 Å². The highest BCUT2D eigenvalue weighted by Gasteiger charge is 2.17. The highest BCUT2D eigenvalue weighted by molar-refractivity contribution is 5.84. The quantitative estimate of drug-likeness (QED) is 0.695. The molecule has 0 amide bonds. The van der Waals surface area contributed by atoms with Gasteiger partial charge in [0.25, 0.3) is 0 Å². The van der Waals surface area contributed by atoms with Crippen LogP contribution in [0, 0.1) is 19.7 Å². The lowest BCUT2D eigenvalue weighted by Gasteiger charge is -2.10. The number of halogens is 1. The van der Waals surface area contributed by atoms with Crippen molar-refractivity contribution in [3.8, 4) is 16.9 Å². The first kappa shape index (κ1) is 14.1. The number of carbonyl (C=O) groups excluding carboxylic acids is 1. The van der Waals surface area contributed by atoms with Crippen molar-refractivity contribution < 1.29 is 9.18 Å². The highest BCUT2D eigenvalue weighted by Crippen LogP contribution is 2.26. The smallest absolute Gasteiger partial charge is 0.172 e. The SMILES string of the molecule is Cc1ccc(C)c(-n2nnc(C=O)c2-c2ccc(F)cc2)c1. The zero-order valence-corrected chi connectivity index (χ0v) is 12.2. The van der Waals surface area contributed by atoms with Gasteiger partial charge in [0, 0.05) is 5.56 Å². The van der Waals surface area contributed by atoms with E-state index in [-0.39, 0.29) is 11.5 Å². The summed E-state index contributed by atoms with van der Waals surface area (Å²) in [6.07, 6.45) is 0.660. The third kappa shape index (κ3) is 2.41. The van der Waals surface area contributed by atoms with Gasteiger partial charge in [0.05, 0.1) is 5.69 Å². The fraction of sp³-hybridized carbons (Fsp3) is 0.118. The Morgan fingerprint density at radius 1 is 1.09 bits per heavy atom. The molecule has 0 bridgehead atoms. The largest absolute Gasteiger partial charge is 0.296 e. The molecule has 0 spiro atoms. The Hall–Kier alpha value is -2.82. The Bertz CT molecular complexity index is 838. The van der Waals surface area contributed by atoms with Gasteiger partial charge in [0.2, 0.25) is 0 Å². The predicted molar refractivity (Wildman–Crippen MR) is 81.6 cm³/mol. The Labute approximate surface area is 127 Å². The second kappa shape index (κ2) is 5.52. The summed E-state index contributed by atoms with van der Waals surface area (Å²) in [5.74, 6) is -0.331. The molecule has 0 fully saturated rings. The first-order valence-electron chi connectivity index (χ1n) is 6.84. The van der Waals surface area contributed by atoms with Crippen LogP contribution >= 0.6 is 0 Å². The number of aldehydes is 1. The van der Waals surface area contributed by atoms with Crippen molar-refractivity contribution in [1.82, 2.24) is 15.0 Å². The van der Waals surface area contributed by atoms with Crippen LogP contribution < -0.4 is 0 Å². The van der Waals surface area contributed by atoms with Gasteiger partial charge in [-0.2, -0.15) is 0 Å². The maximum absolute atomic E-state index is 13.1. The molecule has 3 aromatic rings. The molecule has 2 aromatic carbocycles. The van der Waals surface area contributed by atoms with Gasteiger partial charge in [-0.3, -0.25) is 4.79 Å². The van der Waals surface area contributed by atoms with Crippen LogP contribution in [0.1, 0.15) is 21.6 Å². The van der Waals surface area contributed by atoms with Crippen LogP contribution in [0.4, 0.5) is 4.39 Å². The van der Waals surface area contributed by atoms with E-state index >= 15 is 0 Å². The summed E-state index contributed by atoms with van der Waals surface area (Å²) < 4.78 is 14.8. The van der Waals surface area contributed by atoms with Crippen LogP contribution in [-0.4, -0.2) is 21.3 Å². The van der Waals surface area contributed by atoms with Gasteiger partial charge in [-0.15, -0.1) is 5.10 Å². The molecular weight excluding hydrogens is 281 g/mol. The topological polar surface area (TPSA) is 47.8 Å². The minimum atomic E-state index is -0.331. The third-order valence-electron chi connectivity index (χ3n) is 3.52. The van der Waals surface area contributed by atoms with E-state index in [4.69, 9.17) is 0 Å². The van der Waals surface area contributed by atoms with E-state index in [0.29, 0.717) is 17.5 Å². The molecule has 4 nitrogen and oxygen atoms in total. The zero-order chi connectivity index (χ0) is 15.7. The molecule has 3 rings (SSSR count). The second-order valence-corrected chi connectivity index (χ2v) is 5.15. The molecule has 22 heavy (non-hydrogen) atoms. The number of aromatic nitrogens is 3. The molecular formula is C17H14FN3O. The maximum atomic E-state index is 13.1. The van der Waals surface area contributed by atoms with E-state index in [9.17, 15) is 9.18 Å². The molecule has 5 heteroatoms. The number of hydrogen-bond acceptors (Lipinski definition) is 3. The normalized spacial score (nSPS) is 10.7. The summed E-state index contributed by atoms with van der Waals surface area (Å²) in [5, 5.41) is 8.03. The van der Waals surface area contributed by atoms with E-state index in [2.05, 4.69) is 10.3 Å². The van der Waals surface area contributed by atoms with Crippen molar-refractivity contribution in [3.63, 3.8) is 0 Å². The molecule has 0 saturated carbocycles. The average molecular weight is 295 g/mol. The van der Waals surface area contributed by atoms with Crippen LogP contribution in [0.3, 0.4) is 0 Å². The van der Waals surface area contributed by atoms with Crippen LogP contribution in [0.25, 0.3) is 16.9 Å². The molecule has 0 aliphatic carbocycles. The molecule has 0 atom stereocenters. The zero-order valence-electron chi connectivity index (χ0n) is 12.2. The van der Waals surface area contributed by atoms with Gasteiger partial charge < -0.3 is 0 Å². The summed E-state index contributed by atoms with van der Waals surface area (Å²) >= 11 is 0. The van der Waals surface area contributed by atoms with Crippen molar-refractivity contribution in [2.75, 3.05) is 0 Å². The lowest BCUT2D eigenvalue weighted by Crippen LogP contribution is -2.03. The van der Waals surface area contributed by atoms with Gasteiger partial charge in [0.15, 0.2) is 12.0 Å². The summed E-state index contributed by atoms with van der Waals surface area (Å²) in [5.41, 5.74) is 4.41. The van der Waals surface area contributed by atoms with Crippen LogP contribution in [-0.2, 0) is 0 Å². The fourth-order valence-corrected chi connectivity index (χ4v) is 2.37. The van der Waals surface area contributed by atoms with Gasteiger partial charge in [0.1, 0.15) is 11.5 Å². The number of benzene rings is 2. The first-order chi connectivity index (χ1) is 10.6.